The lowest BCUT2D eigenvalue weighted by atomic mass is 10.2. The Balaban J connectivity index is 1.98. The molecule has 1 saturated heterocycles. The van der Waals surface area contributed by atoms with Crippen LogP contribution in [0.5, 0.6) is 5.75 Å². The van der Waals surface area contributed by atoms with E-state index in [0.29, 0.717) is 0 Å². The van der Waals surface area contributed by atoms with Crippen molar-refractivity contribution in [3.8, 4) is 5.75 Å². The van der Waals surface area contributed by atoms with Gasteiger partial charge in [-0.1, -0.05) is 0 Å². The molecule has 2 nitrogen and oxygen atoms in total. The minimum atomic E-state index is -0.236. The van der Waals surface area contributed by atoms with Gasteiger partial charge in [-0.15, -0.1) is 0 Å². The van der Waals surface area contributed by atoms with Crippen LogP contribution in [-0.2, 0) is 0 Å². The SMILES string of the molecule is Fc1ccc(OC2C[N]C2)cc1. The first kappa shape index (κ1) is 7.55. The highest BCUT2D eigenvalue weighted by molar-refractivity contribution is 5.22. The van der Waals surface area contributed by atoms with Gasteiger partial charge in [0, 0.05) is 0 Å². The Morgan fingerprint density at radius 2 is 1.92 bits per heavy atom. The van der Waals surface area contributed by atoms with E-state index >= 15 is 0 Å². The summed E-state index contributed by atoms with van der Waals surface area (Å²) in [4.78, 5) is 0. The number of benzene rings is 1. The summed E-state index contributed by atoms with van der Waals surface area (Å²) in [5.41, 5.74) is 0. The van der Waals surface area contributed by atoms with Crippen molar-refractivity contribution in [2.75, 3.05) is 13.1 Å². The summed E-state index contributed by atoms with van der Waals surface area (Å²) in [6, 6.07) is 6.05. The van der Waals surface area contributed by atoms with Crippen molar-refractivity contribution < 1.29 is 9.13 Å². The van der Waals surface area contributed by atoms with Crippen molar-refractivity contribution in [2.45, 2.75) is 6.10 Å². The molecule has 0 amide bonds. The van der Waals surface area contributed by atoms with Gasteiger partial charge in [-0.2, -0.15) is 0 Å². The van der Waals surface area contributed by atoms with Crippen molar-refractivity contribution in [3.63, 3.8) is 0 Å². The maximum absolute atomic E-state index is 12.4. The molecule has 0 aromatic heterocycles. The summed E-state index contributed by atoms with van der Waals surface area (Å²) in [6.45, 7) is 1.52. The lowest BCUT2D eigenvalue weighted by Gasteiger charge is -2.25. The summed E-state index contributed by atoms with van der Waals surface area (Å²) in [6.07, 6.45) is 0.204. The highest BCUT2D eigenvalue weighted by Gasteiger charge is 2.19. The number of rotatable bonds is 2. The van der Waals surface area contributed by atoms with Crippen LogP contribution >= 0.6 is 0 Å². The molecule has 0 atom stereocenters. The zero-order valence-electron chi connectivity index (χ0n) is 6.53. The topological polar surface area (TPSA) is 23.3 Å². The van der Waals surface area contributed by atoms with E-state index in [1.165, 1.54) is 12.1 Å². The van der Waals surface area contributed by atoms with Gasteiger partial charge in [-0.05, 0) is 24.3 Å². The van der Waals surface area contributed by atoms with Crippen LogP contribution in [-0.4, -0.2) is 19.2 Å². The van der Waals surface area contributed by atoms with Gasteiger partial charge in [0.1, 0.15) is 17.7 Å². The van der Waals surface area contributed by atoms with E-state index in [1.807, 2.05) is 0 Å². The van der Waals surface area contributed by atoms with Gasteiger partial charge in [0.25, 0.3) is 0 Å². The molecule has 1 aliphatic rings. The fraction of sp³-hybridized carbons (Fsp3) is 0.333. The van der Waals surface area contributed by atoms with E-state index in [2.05, 4.69) is 5.32 Å². The Morgan fingerprint density at radius 3 is 2.42 bits per heavy atom. The average molecular weight is 166 g/mol. The highest BCUT2D eigenvalue weighted by atomic mass is 19.1. The van der Waals surface area contributed by atoms with Gasteiger partial charge >= 0.3 is 0 Å². The zero-order chi connectivity index (χ0) is 8.39. The molecule has 0 saturated carbocycles. The van der Waals surface area contributed by atoms with Crippen LogP contribution in [0.3, 0.4) is 0 Å². The maximum Gasteiger partial charge on any atom is 0.127 e. The first-order chi connectivity index (χ1) is 5.84. The van der Waals surface area contributed by atoms with Crippen LogP contribution in [0, 0.1) is 5.82 Å². The van der Waals surface area contributed by atoms with Gasteiger partial charge in [0.15, 0.2) is 0 Å². The number of hydrogen-bond donors (Lipinski definition) is 0. The fourth-order valence-electron chi connectivity index (χ4n) is 1.01. The quantitative estimate of drug-likeness (QED) is 0.647. The summed E-state index contributed by atoms with van der Waals surface area (Å²) in [7, 11) is 0. The van der Waals surface area contributed by atoms with E-state index in [9.17, 15) is 4.39 Å². The van der Waals surface area contributed by atoms with Crippen LogP contribution < -0.4 is 10.1 Å². The number of nitrogens with zero attached hydrogens (tertiary/aromatic N) is 1. The Kier molecular flexibility index (Phi) is 1.96. The predicted molar refractivity (Wildman–Crippen MR) is 42.7 cm³/mol. The fourth-order valence-corrected chi connectivity index (χ4v) is 1.01. The largest absolute Gasteiger partial charge is 0.488 e. The maximum atomic E-state index is 12.4. The minimum Gasteiger partial charge on any atom is -0.488 e. The molecule has 0 unspecified atom stereocenters. The molecule has 0 N–H and O–H groups in total. The lowest BCUT2D eigenvalue weighted by Crippen LogP contribution is -2.45. The lowest BCUT2D eigenvalue weighted by molar-refractivity contribution is 0.138. The molecule has 1 aliphatic heterocycles. The van der Waals surface area contributed by atoms with Crippen molar-refractivity contribution in [2.24, 2.45) is 0 Å². The molecule has 3 heteroatoms. The van der Waals surface area contributed by atoms with Crippen LogP contribution in [0.4, 0.5) is 4.39 Å². The third kappa shape index (κ3) is 1.56. The third-order valence-corrected chi connectivity index (χ3v) is 1.78. The van der Waals surface area contributed by atoms with Crippen molar-refractivity contribution in [1.82, 2.24) is 5.32 Å². The first-order valence-corrected chi connectivity index (χ1v) is 3.90. The smallest absolute Gasteiger partial charge is 0.127 e. The second-order valence-corrected chi connectivity index (χ2v) is 2.78. The molecule has 0 aliphatic carbocycles. The van der Waals surface area contributed by atoms with E-state index in [-0.39, 0.29) is 11.9 Å². The first-order valence-electron chi connectivity index (χ1n) is 3.90. The third-order valence-electron chi connectivity index (χ3n) is 1.78. The summed E-state index contributed by atoms with van der Waals surface area (Å²) in [5, 5.41) is 4.01. The number of hydrogen-bond acceptors (Lipinski definition) is 1. The molecular weight excluding hydrogens is 157 g/mol. The summed E-state index contributed by atoms with van der Waals surface area (Å²) < 4.78 is 17.9. The molecule has 0 bridgehead atoms. The molecule has 1 heterocycles. The molecular formula is C9H9FNO. The van der Waals surface area contributed by atoms with Crippen LogP contribution in [0.1, 0.15) is 0 Å². The minimum absolute atomic E-state index is 0.204. The van der Waals surface area contributed by atoms with E-state index in [0.717, 1.165) is 18.8 Å². The zero-order valence-corrected chi connectivity index (χ0v) is 6.53. The number of ether oxygens (including phenoxy) is 1. The van der Waals surface area contributed by atoms with Gasteiger partial charge in [0.05, 0.1) is 13.1 Å². The van der Waals surface area contributed by atoms with Gasteiger partial charge in [0.2, 0.25) is 0 Å². The molecule has 12 heavy (non-hydrogen) atoms. The summed E-state index contributed by atoms with van der Waals surface area (Å²) in [5.74, 6) is 0.483. The van der Waals surface area contributed by atoms with Gasteiger partial charge in [-0.3, -0.25) is 0 Å². The van der Waals surface area contributed by atoms with E-state index in [1.54, 1.807) is 12.1 Å². The Labute approximate surface area is 70.3 Å². The molecule has 0 spiro atoms. The second kappa shape index (κ2) is 3.11. The Morgan fingerprint density at radius 1 is 1.25 bits per heavy atom. The average Bonchev–Trinajstić information content (AvgIpc) is 2.00. The molecule has 1 radical (unpaired) electrons. The molecule has 1 fully saturated rings. The summed E-state index contributed by atoms with van der Waals surface area (Å²) >= 11 is 0. The second-order valence-electron chi connectivity index (χ2n) is 2.78. The van der Waals surface area contributed by atoms with Gasteiger partial charge in [-0.25, -0.2) is 9.71 Å². The van der Waals surface area contributed by atoms with Crippen LogP contribution in [0.2, 0.25) is 0 Å². The standard InChI is InChI=1S/C9H9FNO/c10-7-1-3-8(4-2-7)12-9-5-11-6-9/h1-4,9H,5-6H2. The monoisotopic (exact) mass is 166 g/mol. The van der Waals surface area contributed by atoms with Gasteiger partial charge < -0.3 is 4.74 Å². The van der Waals surface area contributed by atoms with Crippen molar-refractivity contribution in [1.29, 1.82) is 0 Å². The van der Waals surface area contributed by atoms with E-state index in [4.69, 9.17) is 4.74 Å². The molecule has 2 rings (SSSR count). The molecule has 63 valence electrons. The van der Waals surface area contributed by atoms with Crippen LogP contribution in [0.25, 0.3) is 0 Å². The van der Waals surface area contributed by atoms with Crippen molar-refractivity contribution >= 4 is 0 Å². The Bertz CT molecular complexity index is 256. The van der Waals surface area contributed by atoms with Crippen LogP contribution in [0.15, 0.2) is 24.3 Å². The van der Waals surface area contributed by atoms with E-state index < -0.39 is 0 Å². The predicted octanol–water partition coefficient (Wildman–Crippen LogP) is 1.19. The van der Waals surface area contributed by atoms with Crippen molar-refractivity contribution in [3.05, 3.63) is 30.1 Å². The molecule has 1 aromatic carbocycles. The Hall–Kier alpha value is -1.09. The molecule has 1 aromatic rings. The normalized spacial score (nSPS) is 17.1. The highest BCUT2D eigenvalue weighted by Crippen LogP contribution is 2.14. The number of halogens is 1.